The number of nitrogens with one attached hydrogen (secondary N) is 1. The van der Waals surface area contributed by atoms with Crippen LogP contribution in [0.25, 0.3) is 71.0 Å². The van der Waals surface area contributed by atoms with E-state index in [1.54, 1.807) is 0 Å². The molecule has 11 rings (SSSR count). The van der Waals surface area contributed by atoms with Crippen LogP contribution in [-0.2, 0) is 0 Å². The Bertz CT molecular complexity index is 3100. The van der Waals surface area contributed by atoms with E-state index >= 15 is 0 Å². The molecule has 8 aromatic carbocycles. The van der Waals surface area contributed by atoms with Gasteiger partial charge in [0.2, 0.25) is 0 Å². The maximum absolute atomic E-state index is 6.72. The Hall–Kier alpha value is -6.98. The lowest BCUT2D eigenvalue weighted by molar-refractivity contribution is 0.673. The Kier molecular flexibility index (Phi) is 6.25. The van der Waals surface area contributed by atoms with Gasteiger partial charge in [0.15, 0.2) is 5.84 Å². The van der Waals surface area contributed by atoms with Crippen LogP contribution in [-0.4, -0.2) is 16.2 Å². The molecule has 10 aromatic rings. The summed E-state index contributed by atoms with van der Waals surface area (Å²) in [4.78, 5) is 10.3. The van der Waals surface area contributed by atoms with Crippen molar-refractivity contribution in [2.45, 2.75) is 6.17 Å². The van der Waals surface area contributed by atoms with Crippen molar-refractivity contribution in [1.82, 2.24) is 9.88 Å². The van der Waals surface area contributed by atoms with Crippen LogP contribution in [0.3, 0.4) is 0 Å². The third-order valence-corrected chi connectivity index (χ3v) is 10.4. The smallest absolute Gasteiger partial charge is 0.159 e. The van der Waals surface area contributed by atoms with Crippen molar-refractivity contribution in [1.29, 1.82) is 0 Å². The number of fused-ring (bicyclic) bond motifs is 11. The molecule has 1 aliphatic heterocycles. The highest BCUT2D eigenvalue weighted by atomic mass is 16.3. The summed E-state index contributed by atoms with van der Waals surface area (Å²) in [5.74, 6) is 1.47. The zero-order valence-corrected chi connectivity index (χ0v) is 28.0. The number of hydrogen-bond donors (Lipinski definition) is 1. The molecule has 0 saturated heterocycles. The third kappa shape index (κ3) is 4.29. The first-order chi connectivity index (χ1) is 25.8. The topological polar surface area (TPSA) is 54.8 Å². The van der Waals surface area contributed by atoms with Crippen LogP contribution in [0.2, 0.25) is 0 Å². The highest BCUT2D eigenvalue weighted by molar-refractivity contribution is 6.33. The minimum atomic E-state index is -0.302. The summed E-state index contributed by atoms with van der Waals surface area (Å²) >= 11 is 0. The van der Waals surface area contributed by atoms with Crippen LogP contribution in [0, 0.1) is 0 Å². The lowest BCUT2D eigenvalue weighted by Gasteiger charge is -2.25. The van der Waals surface area contributed by atoms with E-state index in [1.165, 1.54) is 21.5 Å². The Balaban J connectivity index is 1.23. The van der Waals surface area contributed by atoms with E-state index in [0.29, 0.717) is 5.84 Å². The molecule has 1 atom stereocenters. The van der Waals surface area contributed by atoms with Gasteiger partial charge in [0.25, 0.3) is 0 Å². The quantitative estimate of drug-likeness (QED) is 0.203. The monoisotopic (exact) mass is 666 g/mol. The Labute approximate surface area is 298 Å². The summed E-state index contributed by atoms with van der Waals surface area (Å²) in [6.07, 6.45) is -0.302. The highest BCUT2D eigenvalue weighted by Crippen LogP contribution is 2.44. The molecule has 0 radical (unpaired) electrons. The zero-order chi connectivity index (χ0) is 34.2. The van der Waals surface area contributed by atoms with E-state index in [1.807, 2.05) is 30.3 Å². The van der Waals surface area contributed by atoms with Crippen molar-refractivity contribution >= 4 is 77.0 Å². The van der Waals surface area contributed by atoms with Crippen LogP contribution in [0.5, 0.6) is 0 Å². The first-order valence-electron chi connectivity index (χ1n) is 17.6. The normalized spacial score (nSPS) is 14.7. The molecule has 0 aliphatic carbocycles. The molecule has 1 unspecified atom stereocenters. The second-order valence-corrected chi connectivity index (χ2v) is 13.4. The van der Waals surface area contributed by atoms with Crippen molar-refractivity contribution in [2.75, 3.05) is 0 Å². The molecular weight excluding hydrogens is 637 g/mol. The van der Waals surface area contributed by atoms with Gasteiger partial charge in [-0.25, -0.2) is 9.98 Å². The summed E-state index contributed by atoms with van der Waals surface area (Å²) < 4.78 is 9.13. The number of aliphatic imine (C=N–C) groups is 2. The summed E-state index contributed by atoms with van der Waals surface area (Å²) in [7, 11) is 0. The van der Waals surface area contributed by atoms with Crippen LogP contribution >= 0.6 is 0 Å². The average Bonchev–Trinajstić information content (AvgIpc) is 3.77. The molecule has 244 valence electrons. The largest absolute Gasteiger partial charge is 0.455 e. The van der Waals surface area contributed by atoms with Crippen LogP contribution in [0.1, 0.15) is 22.9 Å². The van der Waals surface area contributed by atoms with Crippen molar-refractivity contribution in [3.63, 3.8) is 0 Å². The van der Waals surface area contributed by atoms with E-state index in [-0.39, 0.29) is 6.17 Å². The maximum Gasteiger partial charge on any atom is 0.159 e. The van der Waals surface area contributed by atoms with E-state index in [4.69, 9.17) is 14.4 Å². The summed E-state index contributed by atoms with van der Waals surface area (Å²) in [6.45, 7) is 0. The number of furan rings is 1. The van der Waals surface area contributed by atoms with Gasteiger partial charge in [-0.2, -0.15) is 0 Å². The second-order valence-electron chi connectivity index (χ2n) is 13.4. The van der Waals surface area contributed by atoms with Gasteiger partial charge in [-0.05, 0) is 58.1 Å². The fourth-order valence-corrected chi connectivity index (χ4v) is 8.10. The fourth-order valence-electron chi connectivity index (χ4n) is 8.10. The van der Waals surface area contributed by atoms with Crippen molar-refractivity contribution in [3.05, 3.63) is 187 Å². The molecule has 5 nitrogen and oxygen atoms in total. The highest BCUT2D eigenvalue weighted by Gasteiger charge is 2.26. The molecule has 0 bridgehead atoms. The zero-order valence-electron chi connectivity index (χ0n) is 28.0. The van der Waals surface area contributed by atoms with Gasteiger partial charge >= 0.3 is 0 Å². The number of para-hydroxylation sites is 2. The van der Waals surface area contributed by atoms with Gasteiger partial charge in [-0.15, -0.1) is 0 Å². The Morgan fingerprint density at radius 2 is 1.19 bits per heavy atom. The predicted octanol–water partition coefficient (Wildman–Crippen LogP) is 11.5. The minimum Gasteiger partial charge on any atom is -0.455 e. The molecule has 5 heteroatoms. The molecule has 0 saturated carbocycles. The lowest BCUT2D eigenvalue weighted by Crippen LogP contribution is -2.34. The SMILES string of the molecule is c1ccc(C2=NC(c3ccccc3)NC(c3ccccc3-n3c4ccc5ccccc5c4c4c5c(ccc6c7ccccc7oc65)ccc43)=N2)cc1. The van der Waals surface area contributed by atoms with Crippen LogP contribution < -0.4 is 5.32 Å². The molecule has 52 heavy (non-hydrogen) atoms. The Morgan fingerprint density at radius 1 is 0.519 bits per heavy atom. The van der Waals surface area contributed by atoms with Crippen molar-refractivity contribution in [3.8, 4) is 5.69 Å². The molecule has 3 heterocycles. The number of nitrogens with zero attached hydrogens (tertiary/aromatic N) is 3. The van der Waals surface area contributed by atoms with E-state index in [9.17, 15) is 0 Å². The number of hydrogen-bond acceptors (Lipinski definition) is 4. The third-order valence-electron chi connectivity index (χ3n) is 10.4. The fraction of sp³-hybridized carbons (Fsp3) is 0.0213. The van der Waals surface area contributed by atoms with Gasteiger partial charge in [-0.3, -0.25) is 0 Å². The van der Waals surface area contributed by atoms with Crippen molar-refractivity contribution < 1.29 is 4.42 Å². The molecule has 1 N–H and O–H groups in total. The number of aromatic nitrogens is 1. The Morgan fingerprint density at radius 3 is 2.06 bits per heavy atom. The molecular formula is C47H30N4O. The standard InChI is InChI=1S/C47H30N4O/c1-3-14-31(15-4-1)45-48-46(32-16-5-2-6-17-32)50-47(49-45)36-20-9-11-21-37(36)51-38-27-24-29-13-7-8-18-33(29)42(38)43-39(51)28-25-30-23-26-35-34-19-10-12-22-40(34)52-44(35)41(30)43/h1-28,45H,(H,48,49,50). The van der Waals surface area contributed by atoms with Crippen molar-refractivity contribution in [2.24, 2.45) is 9.98 Å². The maximum atomic E-state index is 6.72. The van der Waals surface area contributed by atoms with Gasteiger partial charge in [0.1, 0.15) is 23.2 Å². The number of rotatable bonds is 4. The predicted molar refractivity (Wildman–Crippen MR) is 215 cm³/mol. The van der Waals surface area contributed by atoms with E-state index < -0.39 is 0 Å². The van der Waals surface area contributed by atoms with E-state index in [2.05, 4.69) is 149 Å². The van der Waals surface area contributed by atoms with Gasteiger partial charge in [-0.1, -0.05) is 133 Å². The summed E-state index contributed by atoms with van der Waals surface area (Å²) in [5.41, 5.74) is 8.10. The first kappa shape index (κ1) is 28.8. The molecule has 2 aromatic heterocycles. The molecule has 0 amide bonds. The van der Waals surface area contributed by atoms with E-state index in [0.717, 1.165) is 72.0 Å². The van der Waals surface area contributed by atoms with Gasteiger partial charge in [0.05, 0.1) is 16.7 Å². The minimum absolute atomic E-state index is 0.302. The second kappa shape index (κ2) is 11.3. The number of benzene rings is 8. The van der Waals surface area contributed by atoms with Gasteiger partial charge in [0, 0.05) is 38.1 Å². The summed E-state index contributed by atoms with van der Waals surface area (Å²) in [6, 6.07) is 59.6. The molecule has 0 spiro atoms. The molecule has 0 fully saturated rings. The van der Waals surface area contributed by atoms with Crippen LogP contribution in [0.15, 0.2) is 184 Å². The van der Waals surface area contributed by atoms with Gasteiger partial charge < -0.3 is 14.3 Å². The first-order valence-corrected chi connectivity index (χ1v) is 17.6. The summed E-state index contributed by atoms with van der Waals surface area (Å²) in [5, 5.41) is 13.0. The molecule has 1 aliphatic rings. The lowest BCUT2D eigenvalue weighted by atomic mass is 9.98. The average molecular weight is 667 g/mol. The van der Waals surface area contributed by atoms with Crippen LogP contribution in [0.4, 0.5) is 0 Å². The number of amidine groups is 2.